The molecule has 0 fully saturated rings. The van der Waals surface area contributed by atoms with E-state index in [2.05, 4.69) is 44.5 Å². The SMILES string of the molecule is SCC(Br)CSCCCBr. The molecule has 62 valence electrons. The lowest BCUT2D eigenvalue weighted by Crippen LogP contribution is -2.03. The van der Waals surface area contributed by atoms with Crippen molar-refractivity contribution in [2.24, 2.45) is 0 Å². The second-order valence-electron chi connectivity index (χ2n) is 1.90. The zero-order valence-electron chi connectivity index (χ0n) is 5.72. The first-order valence-electron chi connectivity index (χ1n) is 3.20. The van der Waals surface area contributed by atoms with Gasteiger partial charge in [-0.2, -0.15) is 24.4 Å². The number of hydrogen-bond acceptors (Lipinski definition) is 2. The van der Waals surface area contributed by atoms with E-state index in [-0.39, 0.29) is 0 Å². The molecule has 0 spiro atoms. The molecule has 0 aliphatic heterocycles. The maximum Gasteiger partial charge on any atom is 0.0324 e. The Morgan fingerprint density at radius 2 is 2.20 bits per heavy atom. The van der Waals surface area contributed by atoms with Gasteiger partial charge in [0.15, 0.2) is 0 Å². The Hall–Kier alpha value is 1.66. The second kappa shape index (κ2) is 8.75. The average molecular weight is 308 g/mol. The third-order valence-electron chi connectivity index (χ3n) is 0.919. The van der Waals surface area contributed by atoms with Crippen LogP contribution in [0.3, 0.4) is 0 Å². The van der Waals surface area contributed by atoms with Crippen molar-refractivity contribution in [3.63, 3.8) is 0 Å². The predicted molar refractivity (Wildman–Crippen MR) is 62.3 cm³/mol. The molecule has 0 aromatic rings. The van der Waals surface area contributed by atoms with Gasteiger partial charge in [-0.05, 0) is 12.2 Å². The lowest BCUT2D eigenvalue weighted by Gasteiger charge is -2.03. The van der Waals surface area contributed by atoms with Crippen LogP contribution in [0.4, 0.5) is 0 Å². The van der Waals surface area contributed by atoms with Gasteiger partial charge in [-0.1, -0.05) is 31.9 Å². The molecular weight excluding hydrogens is 296 g/mol. The highest BCUT2D eigenvalue weighted by Crippen LogP contribution is 2.12. The van der Waals surface area contributed by atoms with Crippen molar-refractivity contribution in [2.75, 3.05) is 22.6 Å². The van der Waals surface area contributed by atoms with Crippen LogP contribution in [0.25, 0.3) is 0 Å². The molecular formula is C6H12Br2S2. The molecule has 0 aromatic heterocycles. The van der Waals surface area contributed by atoms with Gasteiger partial charge < -0.3 is 0 Å². The van der Waals surface area contributed by atoms with Gasteiger partial charge in [-0.15, -0.1) is 0 Å². The van der Waals surface area contributed by atoms with Gasteiger partial charge in [0.25, 0.3) is 0 Å². The Balaban J connectivity index is 2.89. The van der Waals surface area contributed by atoms with E-state index in [0.717, 1.165) is 11.1 Å². The Morgan fingerprint density at radius 1 is 1.50 bits per heavy atom. The van der Waals surface area contributed by atoms with Crippen LogP contribution in [0.15, 0.2) is 0 Å². The van der Waals surface area contributed by atoms with Gasteiger partial charge in [-0.3, -0.25) is 0 Å². The van der Waals surface area contributed by atoms with E-state index in [1.165, 1.54) is 17.9 Å². The third-order valence-corrected chi connectivity index (χ3v) is 4.71. The van der Waals surface area contributed by atoms with Crippen LogP contribution in [0.1, 0.15) is 6.42 Å². The largest absolute Gasteiger partial charge is 0.178 e. The monoisotopic (exact) mass is 306 g/mol. The fraction of sp³-hybridized carbons (Fsp3) is 1.00. The lowest BCUT2D eigenvalue weighted by atomic mass is 10.6. The first kappa shape index (κ1) is 11.7. The summed E-state index contributed by atoms with van der Waals surface area (Å²) in [5, 5.41) is 1.12. The van der Waals surface area contributed by atoms with E-state index in [9.17, 15) is 0 Å². The van der Waals surface area contributed by atoms with Crippen LogP contribution in [-0.4, -0.2) is 27.4 Å². The van der Waals surface area contributed by atoms with Crippen LogP contribution < -0.4 is 0 Å². The van der Waals surface area contributed by atoms with Gasteiger partial charge >= 0.3 is 0 Å². The van der Waals surface area contributed by atoms with E-state index < -0.39 is 0 Å². The summed E-state index contributed by atoms with van der Waals surface area (Å²) < 4.78 is 0. The van der Waals surface area contributed by atoms with Crippen LogP contribution in [0.2, 0.25) is 0 Å². The molecule has 0 bridgehead atoms. The van der Waals surface area contributed by atoms with Crippen molar-refractivity contribution in [1.29, 1.82) is 0 Å². The number of hydrogen-bond donors (Lipinski definition) is 1. The minimum atomic E-state index is 0.580. The van der Waals surface area contributed by atoms with E-state index in [0.29, 0.717) is 4.83 Å². The summed E-state index contributed by atoms with van der Waals surface area (Å²) in [6, 6.07) is 0. The molecule has 0 amide bonds. The van der Waals surface area contributed by atoms with Gasteiger partial charge in [0.05, 0.1) is 0 Å². The molecule has 0 N–H and O–H groups in total. The standard InChI is InChI=1S/C6H12Br2S2/c7-2-1-3-10-5-6(8)4-9/h6,9H,1-5H2. The first-order valence-corrected chi connectivity index (χ1v) is 7.02. The van der Waals surface area contributed by atoms with Gasteiger partial charge in [0, 0.05) is 21.7 Å². The zero-order chi connectivity index (χ0) is 7.82. The fourth-order valence-corrected chi connectivity index (χ4v) is 2.83. The number of rotatable bonds is 6. The van der Waals surface area contributed by atoms with Crippen molar-refractivity contribution >= 4 is 56.3 Å². The van der Waals surface area contributed by atoms with Crippen molar-refractivity contribution in [3.8, 4) is 0 Å². The number of thioether (sulfide) groups is 1. The summed E-state index contributed by atoms with van der Waals surface area (Å²) >= 11 is 13.1. The van der Waals surface area contributed by atoms with Crippen LogP contribution in [0.5, 0.6) is 0 Å². The van der Waals surface area contributed by atoms with Crippen molar-refractivity contribution in [1.82, 2.24) is 0 Å². The summed E-state index contributed by atoms with van der Waals surface area (Å²) in [4.78, 5) is 0.580. The summed E-state index contributed by atoms with van der Waals surface area (Å²) in [7, 11) is 0. The summed E-state index contributed by atoms with van der Waals surface area (Å²) in [6.07, 6.45) is 1.26. The molecule has 10 heavy (non-hydrogen) atoms. The molecule has 0 aliphatic carbocycles. The maximum absolute atomic E-state index is 4.17. The third kappa shape index (κ3) is 7.76. The topological polar surface area (TPSA) is 0 Å². The van der Waals surface area contributed by atoms with E-state index in [1.54, 1.807) is 0 Å². The minimum Gasteiger partial charge on any atom is -0.178 e. The molecule has 0 saturated carbocycles. The number of thiol groups is 1. The van der Waals surface area contributed by atoms with E-state index in [4.69, 9.17) is 0 Å². The van der Waals surface area contributed by atoms with Gasteiger partial charge in [0.1, 0.15) is 0 Å². The number of alkyl halides is 2. The Labute approximate surface area is 89.6 Å². The predicted octanol–water partition coefficient (Wildman–Crippen LogP) is 3.20. The molecule has 0 aliphatic rings. The summed E-state index contributed by atoms with van der Waals surface area (Å²) in [6.45, 7) is 0. The molecule has 1 atom stereocenters. The van der Waals surface area contributed by atoms with Gasteiger partial charge in [-0.25, -0.2) is 0 Å². The zero-order valence-corrected chi connectivity index (χ0v) is 10.6. The van der Waals surface area contributed by atoms with Crippen molar-refractivity contribution in [3.05, 3.63) is 0 Å². The van der Waals surface area contributed by atoms with E-state index >= 15 is 0 Å². The lowest BCUT2D eigenvalue weighted by molar-refractivity contribution is 1.12. The summed E-state index contributed by atoms with van der Waals surface area (Å²) in [5.74, 6) is 3.36. The van der Waals surface area contributed by atoms with E-state index in [1.807, 2.05) is 11.8 Å². The molecule has 0 heterocycles. The Bertz CT molecular complexity index is 70.8. The molecule has 0 radical (unpaired) electrons. The average Bonchev–Trinajstić information content (AvgIpc) is 1.98. The van der Waals surface area contributed by atoms with Crippen LogP contribution >= 0.6 is 56.3 Å². The highest BCUT2D eigenvalue weighted by Gasteiger charge is 1.99. The second-order valence-corrected chi connectivity index (χ2v) is 5.50. The molecule has 0 rings (SSSR count). The quantitative estimate of drug-likeness (QED) is 0.447. The van der Waals surface area contributed by atoms with Crippen LogP contribution in [-0.2, 0) is 0 Å². The highest BCUT2D eigenvalue weighted by atomic mass is 79.9. The number of halogens is 2. The molecule has 0 saturated heterocycles. The molecule has 0 aromatic carbocycles. The first-order chi connectivity index (χ1) is 4.81. The minimum absolute atomic E-state index is 0.580. The normalized spacial score (nSPS) is 13.5. The summed E-state index contributed by atoms with van der Waals surface area (Å²) in [5.41, 5.74) is 0. The molecule has 4 heteroatoms. The smallest absolute Gasteiger partial charge is 0.0324 e. The van der Waals surface area contributed by atoms with Crippen molar-refractivity contribution in [2.45, 2.75) is 11.2 Å². The maximum atomic E-state index is 4.17. The Kier molecular flexibility index (Phi) is 10.2. The van der Waals surface area contributed by atoms with Crippen LogP contribution in [0, 0.1) is 0 Å². The molecule has 1 unspecified atom stereocenters. The fourth-order valence-electron chi connectivity index (χ4n) is 0.421. The van der Waals surface area contributed by atoms with Crippen molar-refractivity contribution < 1.29 is 0 Å². The Morgan fingerprint density at radius 3 is 2.70 bits per heavy atom. The highest BCUT2D eigenvalue weighted by molar-refractivity contribution is 9.09. The van der Waals surface area contributed by atoms with Gasteiger partial charge in [0.2, 0.25) is 0 Å². The molecule has 0 nitrogen and oxygen atoms in total.